The van der Waals surface area contributed by atoms with Gasteiger partial charge in [-0.25, -0.2) is 4.39 Å². The van der Waals surface area contributed by atoms with Gasteiger partial charge in [-0.1, -0.05) is 17.7 Å². The van der Waals surface area contributed by atoms with Crippen LogP contribution in [0, 0.1) is 11.7 Å². The molecule has 1 aromatic rings. The number of nitrogens with one attached hydrogen (secondary N) is 1. The zero-order valence-corrected chi connectivity index (χ0v) is 18.1. The largest absolute Gasteiger partial charge is 0.381 e. The second-order valence-electron chi connectivity index (χ2n) is 8.63. The van der Waals surface area contributed by atoms with Crippen molar-refractivity contribution in [2.24, 2.45) is 5.92 Å². The van der Waals surface area contributed by atoms with Gasteiger partial charge in [0.15, 0.2) is 0 Å². The van der Waals surface area contributed by atoms with Gasteiger partial charge in [0.1, 0.15) is 5.82 Å². The Labute approximate surface area is 182 Å². The predicted octanol–water partition coefficient (Wildman–Crippen LogP) is 2.30. The van der Waals surface area contributed by atoms with E-state index in [4.69, 9.17) is 21.1 Å². The summed E-state index contributed by atoms with van der Waals surface area (Å²) in [5, 5.41) is 3.69. The summed E-state index contributed by atoms with van der Waals surface area (Å²) in [6.45, 7) is 7.73. The van der Waals surface area contributed by atoms with E-state index in [1.165, 1.54) is 12.1 Å². The molecular formula is C22H31ClFN3O3. The molecule has 0 aliphatic carbocycles. The predicted molar refractivity (Wildman–Crippen MR) is 113 cm³/mol. The van der Waals surface area contributed by atoms with Crippen molar-refractivity contribution in [2.45, 2.75) is 31.3 Å². The quantitative estimate of drug-likeness (QED) is 0.737. The van der Waals surface area contributed by atoms with Crippen LogP contribution in [0.25, 0.3) is 0 Å². The molecule has 3 heterocycles. The van der Waals surface area contributed by atoms with E-state index in [1.54, 1.807) is 6.07 Å². The van der Waals surface area contributed by atoms with Crippen LogP contribution in [0.5, 0.6) is 0 Å². The highest BCUT2D eigenvalue weighted by atomic mass is 35.5. The maximum absolute atomic E-state index is 13.3. The summed E-state index contributed by atoms with van der Waals surface area (Å²) in [7, 11) is 0. The summed E-state index contributed by atoms with van der Waals surface area (Å²) < 4.78 is 24.4. The van der Waals surface area contributed by atoms with Crippen molar-refractivity contribution in [3.8, 4) is 0 Å². The van der Waals surface area contributed by atoms with Crippen molar-refractivity contribution in [3.05, 3.63) is 34.6 Å². The van der Waals surface area contributed by atoms with Crippen LogP contribution >= 0.6 is 11.6 Å². The molecule has 3 aliphatic heterocycles. The minimum absolute atomic E-state index is 0.0652. The van der Waals surface area contributed by atoms with Gasteiger partial charge >= 0.3 is 0 Å². The van der Waals surface area contributed by atoms with E-state index in [-0.39, 0.29) is 23.2 Å². The number of amides is 1. The van der Waals surface area contributed by atoms with Crippen LogP contribution in [-0.4, -0.2) is 80.4 Å². The summed E-state index contributed by atoms with van der Waals surface area (Å²) >= 11 is 6.20. The van der Waals surface area contributed by atoms with E-state index in [0.29, 0.717) is 31.4 Å². The molecule has 4 rings (SSSR count). The second-order valence-corrected chi connectivity index (χ2v) is 9.04. The number of rotatable bonds is 6. The maximum atomic E-state index is 13.3. The fraction of sp³-hybridized carbons (Fsp3) is 0.682. The van der Waals surface area contributed by atoms with Gasteiger partial charge in [-0.15, -0.1) is 0 Å². The topological polar surface area (TPSA) is 54.0 Å². The molecule has 1 aromatic carbocycles. The van der Waals surface area contributed by atoms with Gasteiger partial charge in [0, 0.05) is 70.0 Å². The Balaban J connectivity index is 1.31. The van der Waals surface area contributed by atoms with Crippen molar-refractivity contribution >= 4 is 17.5 Å². The lowest BCUT2D eigenvalue weighted by atomic mass is 9.93. The Morgan fingerprint density at radius 3 is 2.60 bits per heavy atom. The van der Waals surface area contributed by atoms with Gasteiger partial charge in [0.05, 0.1) is 12.1 Å². The monoisotopic (exact) mass is 439 g/mol. The van der Waals surface area contributed by atoms with E-state index >= 15 is 0 Å². The van der Waals surface area contributed by atoms with Crippen molar-refractivity contribution in [1.82, 2.24) is 15.1 Å². The Kier molecular flexibility index (Phi) is 7.26. The Bertz CT molecular complexity index is 730. The van der Waals surface area contributed by atoms with E-state index in [0.717, 1.165) is 64.2 Å². The molecule has 0 aromatic heterocycles. The SMILES string of the molecule is O=C(NCC1(N2CCN(Cc3ccc(F)cc3Cl)CC2)CCOC1)C1CCOCC1. The van der Waals surface area contributed by atoms with Crippen LogP contribution in [0.1, 0.15) is 24.8 Å². The lowest BCUT2D eigenvalue weighted by molar-refractivity contribution is -0.128. The first-order valence-electron chi connectivity index (χ1n) is 10.9. The van der Waals surface area contributed by atoms with Crippen molar-refractivity contribution in [2.75, 3.05) is 59.2 Å². The molecule has 166 valence electrons. The van der Waals surface area contributed by atoms with Gasteiger partial charge in [0.2, 0.25) is 5.91 Å². The molecule has 3 aliphatic rings. The standard InChI is InChI=1S/C22H31ClFN3O3/c23-20-13-19(24)2-1-18(20)14-26-6-8-27(9-7-26)22(5-12-30-16-22)15-25-21(28)17-3-10-29-11-4-17/h1-2,13,17H,3-12,14-16H2,(H,25,28). The molecule has 1 atom stereocenters. The summed E-state index contributed by atoms with van der Waals surface area (Å²) in [4.78, 5) is 17.4. The molecule has 0 spiro atoms. The molecule has 1 amide bonds. The molecule has 1 unspecified atom stereocenters. The van der Waals surface area contributed by atoms with Crippen LogP contribution in [0.3, 0.4) is 0 Å². The third-order valence-electron chi connectivity index (χ3n) is 6.72. The first kappa shape index (κ1) is 22.0. The van der Waals surface area contributed by atoms with Crippen LogP contribution in [0.2, 0.25) is 5.02 Å². The number of nitrogens with zero attached hydrogens (tertiary/aromatic N) is 2. The number of ether oxygens (including phenoxy) is 2. The number of benzene rings is 1. The summed E-state index contributed by atoms with van der Waals surface area (Å²) in [6.07, 6.45) is 2.55. The molecule has 1 N–H and O–H groups in total. The molecule has 0 bridgehead atoms. The van der Waals surface area contributed by atoms with Crippen LogP contribution < -0.4 is 5.32 Å². The normalized spacial score (nSPS) is 26.7. The summed E-state index contributed by atoms with van der Waals surface area (Å²) in [5.74, 6) is -0.0934. The van der Waals surface area contributed by atoms with Gasteiger partial charge in [-0.3, -0.25) is 14.6 Å². The Hall–Kier alpha value is -1.25. The Morgan fingerprint density at radius 2 is 1.93 bits per heavy atom. The highest BCUT2D eigenvalue weighted by Gasteiger charge is 2.42. The van der Waals surface area contributed by atoms with Gasteiger partial charge in [-0.2, -0.15) is 0 Å². The molecule has 0 saturated carbocycles. The van der Waals surface area contributed by atoms with Crippen LogP contribution in [-0.2, 0) is 20.8 Å². The number of carbonyl (C=O) groups excluding carboxylic acids is 1. The van der Waals surface area contributed by atoms with E-state index in [2.05, 4.69) is 15.1 Å². The lowest BCUT2D eigenvalue weighted by Crippen LogP contribution is -2.62. The van der Waals surface area contributed by atoms with Gasteiger partial charge < -0.3 is 14.8 Å². The average Bonchev–Trinajstić information content (AvgIpc) is 3.25. The number of hydrogen-bond acceptors (Lipinski definition) is 5. The van der Waals surface area contributed by atoms with Crippen molar-refractivity contribution in [1.29, 1.82) is 0 Å². The molecular weight excluding hydrogens is 409 g/mol. The minimum Gasteiger partial charge on any atom is -0.381 e. The molecule has 8 heteroatoms. The Morgan fingerprint density at radius 1 is 1.17 bits per heavy atom. The van der Waals surface area contributed by atoms with Crippen LogP contribution in [0.15, 0.2) is 18.2 Å². The van der Waals surface area contributed by atoms with Gasteiger partial charge in [0.25, 0.3) is 0 Å². The molecule has 3 saturated heterocycles. The average molecular weight is 440 g/mol. The van der Waals surface area contributed by atoms with Crippen molar-refractivity contribution < 1.29 is 18.7 Å². The lowest BCUT2D eigenvalue weighted by Gasteiger charge is -2.45. The fourth-order valence-corrected chi connectivity index (χ4v) is 4.95. The third kappa shape index (κ3) is 5.14. The number of carbonyl (C=O) groups is 1. The van der Waals surface area contributed by atoms with E-state index < -0.39 is 0 Å². The smallest absolute Gasteiger partial charge is 0.223 e. The molecule has 30 heavy (non-hydrogen) atoms. The molecule has 3 fully saturated rings. The fourth-order valence-electron chi connectivity index (χ4n) is 4.72. The van der Waals surface area contributed by atoms with Crippen molar-refractivity contribution in [3.63, 3.8) is 0 Å². The first-order chi connectivity index (χ1) is 14.6. The molecule has 0 radical (unpaired) electrons. The van der Waals surface area contributed by atoms with E-state index in [9.17, 15) is 9.18 Å². The minimum atomic E-state index is -0.306. The highest BCUT2D eigenvalue weighted by molar-refractivity contribution is 6.31. The molecule has 6 nitrogen and oxygen atoms in total. The first-order valence-corrected chi connectivity index (χ1v) is 11.3. The highest BCUT2D eigenvalue weighted by Crippen LogP contribution is 2.28. The number of hydrogen-bond donors (Lipinski definition) is 1. The number of piperazine rings is 1. The number of halogens is 2. The van der Waals surface area contributed by atoms with Crippen LogP contribution in [0.4, 0.5) is 4.39 Å². The summed E-state index contributed by atoms with van der Waals surface area (Å²) in [6, 6.07) is 4.60. The maximum Gasteiger partial charge on any atom is 0.223 e. The zero-order chi connectivity index (χ0) is 21.0. The van der Waals surface area contributed by atoms with Gasteiger partial charge in [-0.05, 0) is 37.0 Å². The zero-order valence-electron chi connectivity index (χ0n) is 17.4. The van der Waals surface area contributed by atoms with E-state index in [1.807, 2.05) is 0 Å². The third-order valence-corrected chi connectivity index (χ3v) is 7.07. The second kappa shape index (κ2) is 9.92. The summed E-state index contributed by atoms with van der Waals surface area (Å²) in [5.41, 5.74) is 0.828.